The Hall–Kier alpha value is -0.630. The fourth-order valence-electron chi connectivity index (χ4n) is 1.66. The van der Waals surface area contributed by atoms with Gasteiger partial charge in [-0.15, -0.1) is 0 Å². The monoisotopic (exact) mass is 153 g/mol. The number of ketones is 1. The zero-order valence-corrected chi connectivity index (χ0v) is 7.05. The van der Waals surface area contributed by atoms with E-state index in [1.54, 1.807) is 0 Å². The van der Waals surface area contributed by atoms with Gasteiger partial charge in [-0.05, 0) is 32.0 Å². The van der Waals surface area contributed by atoms with Crippen molar-refractivity contribution in [2.75, 3.05) is 13.1 Å². The Kier molecular flexibility index (Phi) is 2.83. The van der Waals surface area contributed by atoms with E-state index in [-0.39, 0.29) is 11.8 Å². The predicted molar refractivity (Wildman–Crippen MR) is 45.5 cm³/mol. The Morgan fingerprint density at radius 1 is 1.82 bits per heavy atom. The summed E-state index contributed by atoms with van der Waals surface area (Å²) in [5.41, 5.74) is 0. The van der Waals surface area contributed by atoms with Crippen molar-refractivity contribution in [2.24, 2.45) is 0 Å². The first-order valence-corrected chi connectivity index (χ1v) is 4.20. The highest BCUT2D eigenvalue weighted by Gasteiger charge is 2.26. The largest absolute Gasteiger partial charge is 0.294 e. The molecule has 0 aromatic rings. The second-order valence-corrected chi connectivity index (χ2v) is 2.89. The minimum atomic E-state index is 0.137. The summed E-state index contributed by atoms with van der Waals surface area (Å²) in [6.07, 6.45) is 3.61. The molecular weight excluding hydrogens is 138 g/mol. The van der Waals surface area contributed by atoms with E-state index in [1.807, 2.05) is 0 Å². The molecule has 1 unspecified atom stereocenters. The molecule has 0 aromatic carbocycles. The smallest absolute Gasteiger partial charge is 0.172 e. The van der Waals surface area contributed by atoms with Gasteiger partial charge in [0.25, 0.3) is 0 Å². The molecule has 1 atom stereocenters. The molecule has 2 heteroatoms. The molecule has 0 saturated carbocycles. The number of carbonyl (C=O) groups is 1. The van der Waals surface area contributed by atoms with Gasteiger partial charge < -0.3 is 0 Å². The van der Waals surface area contributed by atoms with E-state index < -0.39 is 0 Å². The Morgan fingerprint density at radius 3 is 3.09 bits per heavy atom. The number of hydrogen-bond acceptors (Lipinski definition) is 2. The van der Waals surface area contributed by atoms with Crippen molar-refractivity contribution in [3.05, 3.63) is 12.7 Å². The maximum Gasteiger partial charge on any atom is 0.172 e. The minimum absolute atomic E-state index is 0.137. The maximum absolute atomic E-state index is 11.2. The molecule has 1 aliphatic heterocycles. The van der Waals surface area contributed by atoms with Gasteiger partial charge in [0.2, 0.25) is 0 Å². The lowest BCUT2D eigenvalue weighted by molar-refractivity contribution is -0.118. The van der Waals surface area contributed by atoms with Gasteiger partial charge in [0.05, 0.1) is 6.04 Å². The minimum Gasteiger partial charge on any atom is -0.294 e. The van der Waals surface area contributed by atoms with Gasteiger partial charge in [-0.3, -0.25) is 9.69 Å². The van der Waals surface area contributed by atoms with Crippen molar-refractivity contribution in [1.29, 1.82) is 0 Å². The quantitative estimate of drug-likeness (QED) is 0.568. The fourth-order valence-corrected chi connectivity index (χ4v) is 1.66. The lowest BCUT2D eigenvalue weighted by Crippen LogP contribution is -2.34. The molecule has 1 aliphatic rings. The summed E-state index contributed by atoms with van der Waals surface area (Å²) in [6.45, 7) is 7.64. The van der Waals surface area contributed by atoms with Gasteiger partial charge in [0.1, 0.15) is 0 Å². The lowest BCUT2D eigenvalue weighted by atomic mass is 10.1. The third-order valence-corrected chi connectivity index (χ3v) is 2.30. The molecule has 0 aliphatic carbocycles. The molecule has 1 rings (SSSR count). The molecule has 0 spiro atoms. The van der Waals surface area contributed by atoms with Crippen LogP contribution < -0.4 is 0 Å². The van der Waals surface area contributed by atoms with Crippen LogP contribution in [0.3, 0.4) is 0 Å². The van der Waals surface area contributed by atoms with Crippen molar-refractivity contribution < 1.29 is 4.79 Å². The van der Waals surface area contributed by atoms with Gasteiger partial charge in [-0.2, -0.15) is 0 Å². The molecule has 0 amide bonds. The van der Waals surface area contributed by atoms with E-state index in [0.717, 1.165) is 25.9 Å². The van der Waals surface area contributed by atoms with Crippen LogP contribution in [0.1, 0.15) is 19.8 Å². The van der Waals surface area contributed by atoms with Crippen molar-refractivity contribution in [1.82, 2.24) is 4.90 Å². The molecule has 1 fully saturated rings. The first-order valence-electron chi connectivity index (χ1n) is 4.20. The molecule has 1 saturated heterocycles. The summed E-state index contributed by atoms with van der Waals surface area (Å²) in [5.74, 6) is 0.185. The van der Waals surface area contributed by atoms with E-state index >= 15 is 0 Å². The van der Waals surface area contributed by atoms with Crippen LogP contribution in [0.4, 0.5) is 0 Å². The maximum atomic E-state index is 11.2. The molecule has 2 nitrogen and oxygen atoms in total. The number of nitrogens with zero attached hydrogens (tertiary/aromatic N) is 1. The molecule has 0 radical (unpaired) electrons. The third-order valence-electron chi connectivity index (χ3n) is 2.30. The highest BCUT2D eigenvalue weighted by atomic mass is 16.1. The van der Waals surface area contributed by atoms with Crippen molar-refractivity contribution in [2.45, 2.75) is 25.8 Å². The molecule has 0 aromatic heterocycles. The van der Waals surface area contributed by atoms with E-state index in [2.05, 4.69) is 18.4 Å². The number of rotatable bonds is 3. The summed E-state index contributed by atoms with van der Waals surface area (Å²) in [7, 11) is 0. The molecule has 0 N–H and O–H groups in total. The van der Waals surface area contributed by atoms with Gasteiger partial charge in [0, 0.05) is 0 Å². The van der Waals surface area contributed by atoms with E-state index in [0.29, 0.717) is 0 Å². The van der Waals surface area contributed by atoms with Crippen LogP contribution in [0.5, 0.6) is 0 Å². The van der Waals surface area contributed by atoms with Gasteiger partial charge >= 0.3 is 0 Å². The van der Waals surface area contributed by atoms with Crippen LogP contribution in [-0.4, -0.2) is 29.8 Å². The van der Waals surface area contributed by atoms with E-state index in [9.17, 15) is 4.79 Å². The molecule has 11 heavy (non-hydrogen) atoms. The Balaban J connectivity index is 2.55. The molecule has 0 bridgehead atoms. The van der Waals surface area contributed by atoms with Crippen molar-refractivity contribution in [3.8, 4) is 0 Å². The number of carbonyl (C=O) groups excluding carboxylic acids is 1. The number of likely N-dealkylation sites (N-methyl/N-ethyl adjacent to an activating group) is 1. The average Bonchev–Trinajstić information content (AvgIpc) is 2.50. The first kappa shape index (κ1) is 8.47. The second-order valence-electron chi connectivity index (χ2n) is 2.89. The van der Waals surface area contributed by atoms with Crippen molar-refractivity contribution >= 4 is 5.78 Å². The summed E-state index contributed by atoms with van der Waals surface area (Å²) in [6, 6.07) is 0.137. The van der Waals surface area contributed by atoms with Crippen LogP contribution >= 0.6 is 0 Å². The first-order chi connectivity index (χ1) is 5.29. The average molecular weight is 153 g/mol. The van der Waals surface area contributed by atoms with Gasteiger partial charge in [0.15, 0.2) is 5.78 Å². The van der Waals surface area contributed by atoms with Crippen LogP contribution in [-0.2, 0) is 4.79 Å². The second kappa shape index (κ2) is 3.67. The SMILES string of the molecule is C=CC(=O)C1CCCN1CC. The Bertz CT molecular complexity index is 165. The fraction of sp³-hybridized carbons (Fsp3) is 0.667. The molecular formula is C9H15NO. The number of hydrogen-bond donors (Lipinski definition) is 0. The third kappa shape index (κ3) is 1.69. The van der Waals surface area contributed by atoms with E-state index in [4.69, 9.17) is 0 Å². The Morgan fingerprint density at radius 2 is 2.55 bits per heavy atom. The summed E-state index contributed by atoms with van der Waals surface area (Å²) in [4.78, 5) is 13.4. The lowest BCUT2D eigenvalue weighted by Gasteiger charge is -2.19. The van der Waals surface area contributed by atoms with Crippen LogP contribution in [0.15, 0.2) is 12.7 Å². The summed E-state index contributed by atoms with van der Waals surface area (Å²) in [5, 5.41) is 0. The molecule has 1 heterocycles. The van der Waals surface area contributed by atoms with Crippen molar-refractivity contribution in [3.63, 3.8) is 0 Å². The zero-order chi connectivity index (χ0) is 8.27. The predicted octanol–water partition coefficient (Wildman–Crippen LogP) is 1.23. The normalized spacial score (nSPS) is 25.4. The highest BCUT2D eigenvalue weighted by molar-refractivity contribution is 5.93. The van der Waals surface area contributed by atoms with Gasteiger partial charge in [-0.1, -0.05) is 13.5 Å². The number of likely N-dealkylation sites (tertiary alicyclic amines) is 1. The topological polar surface area (TPSA) is 20.3 Å². The standard InChI is InChI=1S/C9H15NO/c1-3-9(11)8-6-5-7-10(8)4-2/h3,8H,1,4-7H2,2H3. The van der Waals surface area contributed by atoms with Gasteiger partial charge in [-0.25, -0.2) is 0 Å². The Labute approximate surface area is 67.9 Å². The van der Waals surface area contributed by atoms with Crippen LogP contribution in [0, 0.1) is 0 Å². The highest BCUT2D eigenvalue weighted by Crippen LogP contribution is 2.17. The zero-order valence-electron chi connectivity index (χ0n) is 7.05. The summed E-state index contributed by atoms with van der Waals surface area (Å²) >= 11 is 0. The van der Waals surface area contributed by atoms with Crippen LogP contribution in [0.2, 0.25) is 0 Å². The van der Waals surface area contributed by atoms with Crippen LogP contribution in [0.25, 0.3) is 0 Å². The molecule has 62 valence electrons. The summed E-state index contributed by atoms with van der Waals surface area (Å²) < 4.78 is 0. The van der Waals surface area contributed by atoms with E-state index in [1.165, 1.54) is 6.08 Å².